The van der Waals surface area contributed by atoms with Gasteiger partial charge < -0.3 is 5.32 Å². The normalized spacial score (nSPS) is 10.5. The Hall–Kier alpha value is -1.84. The zero-order chi connectivity index (χ0) is 12.1. The lowest BCUT2D eigenvalue weighted by molar-refractivity contribution is 0.578. The Morgan fingerprint density at radius 1 is 1.35 bits per heavy atom. The first-order chi connectivity index (χ1) is 8.29. The summed E-state index contributed by atoms with van der Waals surface area (Å²) in [5.74, 6) is -0.225. The van der Waals surface area contributed by atoms with Crippen molar-refractivity contribution in [1.29, 1.82) is 0 Å². The molecule has 1 heterocycles. The van der Waals surface area contributed by atoms with Gasteiger partial charge >= 0.3 is 0 Å². The van der Waals surface area contributed by atoms with Gasteiger partial charge in [0.05, 0.1) is 12.2 Å². The summed E-state index contributed by atoms with van der Waals surface area (Å²) < 4.78 is 14.9. The molecule has 17 heavy (non-hydrogen) atoms. The molecule has 4 heteroatoms. The molecule has 0 amide bonds. The van der Waals surface area contributed by atoms with E-state index in [1.807, 2.05) is 16.8 Å². The quantitative estimate of drug-likeness (QED) is 0.860. The average Bonchev–Trinajstić information content (AvgIpc) is 2.75. The third kappa shape index (κ3) is 3.06. The van der Waals surface area contributed by atoms with Gasteiger partial charge in [-0.3, -0.25) is 4.68 Å². The number of nitrogens with one attached hydrogen (secondary N) is 1. The van der Waals surface area contributed by atoms with Gasteiger partial charge in [0.1, 0.15) is 5.82 Å². The van der Waals surface area contributed by atoms with Crippen molar-refractivity contribution in [3.63, 3.8) is 0 Å². The zero-order valence-electron chi connectivity index (χ0n) is 9.86. The highest BCUT2D eigenvalue weighted by Gasteiger charge is 2.01. The van der Waals surface area contributed by atoms with E-state index in [0.29, 0.717) is 6.54 Å². The van der Waals surface area contributed by atoms with Crippen LogP contribution in [0.1, 0.15) is 19.0 Å². The Labute approximate surface area is 100 Å². The monoisotopic (exact) mass is 233 g/mol. The van der Waals surface area contributed by atoms with Crippen LogP contribution in [0.5, 0.6) is 0 Å². The minimum absolute atomic E-state index is 0.225. The number of nitrogens with zero attached hydrogens (tertiary/aromatic N) is 2. The van der Waals surface area contributed by atoms with Crippen LogP contribution in [0.25, 0.3) is 0 Å². The molecule has 3 nitrogen and oxygen atoms in total. The van der Waals surface area contributed by atoms with Crippen LogP contribution in [-0.4, -0.2) is 9.78 Å². The van der Waals surface area contributed by atoms with Crippen LogP contribution in [0.2, 0.25) is 0 Å². The molecule has 1 N–H and O–H groups in total. The Balaban J connectivity index is 1.99. The van der Waals surface area contributed by atoms with Crippen molar-refractivity contribution in [1.82, 2.24) is 9.78 Å². The predicted molar refractivity (Wildman–Crippen MR) is 66.2 cm³/mol. The maximum atomic E-state index is 13.0. The van der Waals surface area contributed by atoms with Crippen molar-refractivity contribution in [2.45, 2.75) is 26.4 Å². The zero-order valence-corrected chi connectivity index (χ0v) is 9.86. The van der Waals surface area contributed by atoms with Crippen molar-refractivity contribution in [2.24, 2.45) is 0 Å². The van der Waals surface area contributed by atoms with Gasteiger partial charge in [0.25, 0.3) is 0 Å². The molecule has 2 rings (SSSR count). The predicted octanol–water partition coefficient (Wildman–Crippen LogP) is 3.04. The first kappa shape index (κ1) is 11.6. The lowest BCUT2D eigenvalue weighted by Gasteiger charge is -2.08. The van der Waals surface area contributed by atoms with Crippen LogP contribution in [0.3, 0.4) is 0 Å². The fraction of sp³-hybridized carbons (Fsp3) is 0.308. The second kappa shape index (κ2) is 5.48. The molecule has 0 aliphatic rings. The number of hydrogen-bond acceptors (Lipinski definition) is 2. The van der Waals surface area contributed by atoms with E-state index in [2.05, 4.69) is 17.3 Å². The van der Waals surface area contributed by atoms with E-state index >= 15 is 0 Å². The average molecular weight is 233 g/mol. The number of halogens is 1. The van der Waals surface area contributed by atoms with Gasteiger partial charge in [0.15, 0.2) is 0 Å². The van der Waals surface area contributed by atoms with Crippen molar-refractivity contribution in [3.8, 4) is 0 Å². The topological polar surface area (TPSA) is 29.9 Å². The molecule has 0 atom stereocenters. The van der Waals surface area contributed by atoms with Gasteiger partial charge in [-0.2, -0.15) is 5.10 Å². The van der Waals surface area contributed by atoms with Crippen molar-refractivity contribution >= 4 is 5.69 Å². The fourth-order valence-electron chi connectivity index (χ4n) is 1.71. The summed E-state index contributed by atoms with van der Waals surface area (Å²) in [6.45, 7) is 3.68. The number of aryl methyl sites for hydroxylation is 1. The van der Waals surface area contributed by atoms with Crippen molar-refractivity contribution in [3.05, 3.63) is 48.0 Å². The maximum absolute atomic E-state index is 13.0. The summed E-state index contributed by atoms with van der Waals surface area (Å²) in [5.41, 5.74) is 1.89. The van der Waals surface area contributed by atoms with E-state index in [0.717, 1.165) is 24.3 Å². The van der Waals surface area contributed by atoms with Gasteiger partial charge in [-0.25, -0.2) is 4.39 Å². The molecule has 0 spiro atoms. The van der Waals surface area contributed by atoms with E-state index in [9.17, 15) is 4.39 Å². The SMILES string of the molecule is CCCn1nccc1CNc1cccc(F)c1. The summed E-state index contributed by atoms with van der Waals surface area (Å²) in [5, 5.41) is 7.42. The highest BCUT2D eigenvalue weighted by atomic mass is 19.1. The molecule has 0 unspecified atom stereocenters. The summed E-state index contributed by atoms with van der Waals surface area (Å²) in [6, 6.07) is 8.44. The molecular weight excluding hydrogens is 217 g/mol. The van der Waals surface area contributed by atoms with Gasteiger partial charge in [-0.05, 0) is 30.7 Å². The summed E-state index contributed by atoms with van der Waals surface area (Å²) in [4.78, 5) is 0. The van der Waals surface area contributed by atoms with Crippen LogP contribution in [-0.2, 0) is 13.1 Å². The minimum Gasteiger partial charge on any atom is -0.379 e. The molecule has 0 aliphatic heterocycles. The second-order valence-electron chi connectivity index (χ2n) is 3.91. The fourth-order valence-corrected chi connectivity index (χ4v) is 1.71. The van der Waals surface area contributed by atoms with Gasteiger partial charge in [-0.15, -0.1) is 0 Å². The first-order valence-corrected chi connectivity index (χ1v) is 5.79. The van der Waals surface area contributed by atoms with E-state index < -0.39 is 0 Å². The Morgan fingerprint density at radius 2 is 2.24 bits per heavy atom. The van der Waals surface area contributed by atoms with Crippen LogP contribution < -0.4 is 5.32 Å². The molecule has 0 radical (unpaired) electrons. The molecule has 1 aromatic heterocycles. The minimum atomic E-state index is -0.225. The largest absolute Gasteiger partial charge is 0.379 e. The number of anilines is 1. The number of hydrogen-bond donors (Lipinski definition) is 1. The van der Waals surface area contributed by atoms with Crippen LogP contribution in [0.4, 0.5) is 10.1 Å². The highest BCUT2D eigenvalue weighted by Crippen LogP contribution is 2.11. The molecule has 2 aromatic rings. The standard InChI is InChI=1S/C13H16FN3/c1-2-8-17-13(6-7-16-17)10-15-12-5-3-4-11(14)9-12/h3-7,9,15H,2,8,10H2,1H3. The Morgan fingerprint density at radius 3 is 3.00 bits per heavy atom. The third-order valence-corrected chi connectivity index (χ3v) is 2.54. The number of aromatic nitrogens is 2. The van der Waals surface area contributed by atoms with Crippen LogP contribution >= 0.6 is 0 Å². The second-order valence-corrected chi connectivity index (χ2v) is 3.91. The van der Waals surface area contributed by atoms with Gasteiger partial charge in [0, 0.05) is 18.4 Å². The molecule has 0 fully saturated rings. The Bertz CT molecular complexity index is 479. The van der Waals surface area contributed by atoms with E-state index in [4.69, 9.17) is 0 Å². The molecule has 0 saturated heterocycles. The van der Waals surface area contributed by atoms with Crippen molar-refractivity contribution < 1.29 is 4.39 Å². The molecule has 1 aromatic carbocycles. The van der Waals surface area contributed by atoms with E-state index in [1.165, 1.54) is 12.1 Å². The molecule has 90 valence electrons. The van der Waals surface area contributed by atoms with Crippen molar-refractivity contribution in [2.75, 3.05) is 5.32 Å². The van der Waals surface area contributed by atoms with Gasteiger partial charge in [0.2, 0.25) is 0 Å². The summed E-state index contributed by atoms with van der Waals surface area (Å²) >= 11 is 0. The molecular formula is C13H16FN3. The summed E-state index contributed by atoms with van der Waals surface area (Å²) in [6.07, 6.45) is 2.84. The lowest BCUT2D eigenvalue weighted by atomic mass is 10.3. The number of benzene rings is 1. The van der Waals surface area contributed by atoms with Crippen LogP contribution in [0, 0.1) is 5.82 Å². The number of rotatable bonds is 5. The van der Waals surface area contributed by atoms with Crippen LogP contribution in [0.15, 0.2) is 36.5 Å². The highest BCUT2D eigenvalue weighted by molar-refractivity contribution is 5.43. The van der Waals surface area contributed by atoms with Gasteiger partial charge in [-0.1, -0.05) is 13.0 Å². The Kier molecular flexibility index (Phi) is 3.75. The van der Waals surface area contributed by atoms with E-state index in [1.54, 1.807) is 12.3 Å². The maximum Gasteiger partial charge on any atom is 0.125 e. The molecule has 0 aliphatic carbocycles. The third-order valence-electron chi connectivity index (χ3n) is 2.54. The smallest absolute Gasteiger partial charge is 0.125 e. The lowest BCUT2D eigenvalue weighted by Crippen LogP contribution is -2.08. The summed E-state index contributed by atoms with van der Waals surface area (Å²) in [7, 11) is 0. The molecule has 0 saturated carbocycles. The molecule has 0 bridgehead atoms. The first-order valence-electron chi connectivity index (χ1n) is 5.79. The van der Waals surface area contributed by atoms with E-state index in [-0.39, 0.29) is 5.82 Å².